The Balaban J connectivity index is 2.16. The quantitative estimate of drug-likeness (QED) is 0.690. The van der Waals surface area contributed by atoms with Gasteiger partial charge in [0.05, 0.1) is 18.4 Å². The lowest BCUT2D eigenvalue weighted by molar-refractivity contribution is 0.0599. The van der Waals surface area contributed by atoms with Crippen molar-refractivity contribution in [2.24, 2.45) is 0 Å². The van der Waals surface area contributed by atoms with E-state index in [1.807, 2.05) is 42.3 Å². The van der Waals surface area contributed by atoms with Crippen LogP contribution in [0, 0.1) is 6.92 Å². The summed E-state index contributed by atoms with van der Waals surface area (Å²) in [4.78, 5) is 18.0. The molecule has 5 nitrogen and oxygen atoms in total. The second-order valence-electron chi connectivity index (χ2n) is 4.89. The highest BCUT2D eigenvalue weighted by molar-refractivity contribution is 5.90. The molecule has 0 aliphatic carbocycles. The third-order valence-corrected chi connectivity index (χ3v) is 3.27. The van der Waals surface area contributed by atoms with E-state index in [9.17, 15) is 4.79 Å². The first-order valence-corrected chi connectivity index (χ1v) is 6.63. The van der Waals surface area contributed by atoms with Crippen LogP contribution in [0.25, 0.3) is 0 Å². The smallest absolute Gasteiger partial charge is 0.339 e. The highest BCUT2D eigenvalue weighted by atomic mass is 16.5. The Kier molecular flexibility index (Phi) is 4.42. The van der Waals surface area contributed by atoms with Crippen molar-refractivity contribution in [1.82, 2.24) is 4.98 Å². The van der Waals surface area contributed by atoms with Gasteiger partial charge in [0.15, 0.2) is 0 Å². The third kappa shape index (κ3) is 3.51. The number of hydrogen-bond donors (Lipinski definition) is 1. The number of anilines is 2. The molecule has 0 spiro atoms. The van der Waals surface area contributed by atoms with Gasteiger partial charge < -0.3 is 15.4 Å². The Hall–Kier alpha value is -2.56. The summed E-state index contributed by atoms with van der Waals surface area (Å²) in [6.07, 6.45) is 0. The molecule has 2 aromatic rings. The Bertz CT molecular complexity index is 638. The van der Waals surface area contributed by atoms with E-state index in [2.05, 4.69) is 4.98 Å². The highest BCUT2D eigenvalue weighted by Crippen LogP contribution is 2.17. The van der Waals surface area contributed by atoms with Gasteiger partial charge in [-0.05, 0) is 36.8 Å². The minimum absolute atomic E-state index is 0.368. The molecule has 0 atom stereocenters. The van der Waals surface area contributed by atoms with E-state index in [4.69, 9.17) is 10.5 Å². The van der Waals surface area contributed by atoms with Gasteiger partial charge in [0.25, 0.3) is 0 Å². The van der Waals surface area contributed by atoms with E-state index >= 15 is 0 Å². The molecule has 0 radical (unpaired) electrons. The van der Waals surface area contributed by atoms with Crippen LogP contribution in [0.3, 0.4) is 0 Å². The number of carbonyl (C=O) groups excluding carboxylic acids is 1. The molecule has 1 aromatic carbocycles. The summed E-state index contributed by atoms with van der Waals surface area (Å²) in [5.41, 5.74) is 8.71. The van der Waals surface area contributed by atoms with Crippen molar-refractivity contribution in [1.29, 1.82) is 0 Å². The fourth-order valence-electron chi connectivity index (χ4n) is 2.06. The Morgan fingerprint density at radius 3 is 2.48 bits per heavy atom. The number of hydrogen-bond acceptors (Lipinski definition) is 5. The topological polar surface area (TPSA) is 68.5 Å². The zero-order valence-corrected chi connectivity index (χ0v) is 12.5. The van der Waals surface area contributed by atoms with Crippen LogP contribution in [0.1, 0.15) is 21.6 Å². The molecule has 0 fully saturated rings. The van der Waals surface area contributed by atoms with Crippen LogP contribution in [0.5, 0.6) is 0 Å². The summed E-state index contributed by atoms with van der Waals surface area (Å²) in [7, 11) is 3.32. The molecule has 110 valence electrons. The van der Waals surface area contributed by atoms with E-state index in [1.54, 1.807) is 13.0 Å². The molecule has 0 saturated heterocycles. The first-order valence-electron chi connectivity index (χ1n) is 6.63. The lowest BCUT2D eigenvalue weighted by Crippen LogP contribution is -2.18. The number of pyridine rings is 1. The summed E-state index contributed by atoms with van der Waals surface area (Å²) in [6, 6.07) is 11.3. The zero-order chi connectivity index (χ0) is 15.4. The van der Waals surface area contributed by atoms with Crippen molar-refractivity contribution < 1.29 is 9.53 Å². The third-order valence-electron chi connectivity index (χ3n) is 3.27. The number of ether oxygens (including phenoxy) is 1. The SMILES string of the molecule is COC(=O)c1ccc(N(C)Cc2ccc(N)cc2)nc1C. The standard InChI is InChI=1S/C16H19N3O2/c1-11-14(16(20)21-3)8-9-15(18-11)19(2)10-12-4-6-13(17)7-5-12/h4-9H,10,17H2,1-3H3. The van der Waals surface area contributed by atoms with Gasteiger partial charge in [-0.1, -0.05) is 12.1 Å². The van der Waals surface area contributed by atoms with Crippen LogP contribution in [0.4, 0.5) is 11.5 Å². The number of rotatable bonds is 4. The molecule has 0 saturated carbocycles. The van der Waals surface area contributed by atoms with Crippen LogP contribution in [0.15, 0.2) is 36.4 Å². The lowest BCUT2D eigenvalue weighted by Gasteiger charge is -2.19. The number of nitrogens with two attached hydrogens (primary N) is 1. The van der Waals surface area contributed by atoms with E-state index in [0.717, 1.165) is 17.1 Å². The molecule has 1 aromatic heterocycles. The van der Waals surface area contributed by atoms with Crippen molar-refractivity contribution in [3.05, 3.63) is 53.2 Å². The first kappa shape index (κ1) is 14.8. The maximum Gasteiger partial charge on any atom is 0.339 e. The van der Waals surface area contributed by atoms with E-state index < -0.39 is 0 Å². The molecule has 1 heterocycles. The number of aromatic nitrogens is 1. The fourth-order valence-corrected chi connectivity index (χ4v) is 2.06. The van der Waals surface area contributed by atoms with Crippen LogP contribution < -0.4 is 10.6 Å². The Morgan fingerprint density at radius 1 is 1.24 bits per heavy atom. The minimum atomic E-state index is -0.368. The Morgan fingerprint density at radius 2 is 1.90 bits per heavy atom. The maximum atomic E-state index is 11.6. The predicted octanol–water partition coefficient (Wildman–Crippen LogP) is 2.40. The van der Waals surface area contributed by atoms with Crippen molar-refractivity contribution in [2.45, 2.75) is 13.5 Å². The summed E-state index contributed by atoms with van der Waals surface area (Å²) in [5.74, 6) is 0.435. The number of esters is 1. The molecule has 5 heteroatoms. The number of carbonyl (C=O) groups is 1. The molecular formula is C16H19N3O2. The molecule has 0 unspecified atom stereocenters. The zero-order valence-electron chi connectivity index (χ0n) is 12.5. The molecule has 21 heavy (non-hydrogen) atoms. The monoisotopic (exact) mass is 285 g/mol. The number of nitrogens with zero attached hydrogens (tertiary/aromatic N) is 2. The average Bonchev–Trinajstić information content (AvgIpc) is 2.48. The fraction of sp³-hybridized carbons (Fsp3) is 0.250. The largest absolute Gasteiger partial charge is 0.465 e. The molecule has 0 amide bonds. The molecule has 2 N–H and O–H groups in total. The van der Waals surface area contributed by atoms with E-state index in [-0.39, 0.29) is 5.97 Å². The molecule has 2 rings (SSSR count). The summed E-state index contributed by atoms with van der Waals surface area (Å²) in [5, 5.41) is 0. The van der Waals surface area contributed by atoms with Gasteiger partial charge in [-0.25, -0.2) is 9.78 Å². The van der Waals surface area contributed by atoms with Crippen molar-refractivity contribution in [3.63, 3.8) is 0 Å². The highest BCUT2D eigenvalue weighted by Gasteiger charge is 2.12. The number of nitrogen functional groups attached to an aromatic ring is 1. The molecular weight excluding hydrogens is 266 g/mol. The van der Waals surface area contributed by atoms with Gasteiger partial charge in [-0.15, -0.1) is 0 Å². The van der Waals surface area contributed by atoms with Crippen LogP contribution in [-0.2, 0) is 11.3 Å². The van der Waals surface area contributed by atoms with Crippen LogP contribution in [0.2, 0.25) is 0 Å². The number of methoxy groups -OCH3 is 1. The van der Waals surface area contributed by atoms with Crippen LogP contribution >= 0.6 is 0 Å². The summed E-state index contributed by atoms with van der Waals surface area (Å²) < 4.78 is 4.72. The average molecular weight is 285 g/mol. The van der Waals surface area contributed by atoms with Gasteiger partial charge in [0.1, 0.15) is 5.82 Å². The second kappa shape index (κ2) is 6.26. The first-order chi connectivity index (χ1) is 10.0. The number of benzene rings is 1. The van der Waals surface area contributed by atoms with Crippen LogP contribution in [-0.4, -0.2) is 25.1 Å². The molecule has 0 aliphatic rings. The summed E-state index contributed by atoms with van der Waals surface area (Å²) in [6.45, 7) is 2.51. The van der Waals surface area contributed by atoms with Crippen molar-refractivity contribution in [3.8, 4) is 0 Å². The second-order valence-corrected chi connectivity index (χ2v) is 4.89. The molecule has 0 bridgehead atoms. The van der Waals surface area contributed by atoms with Gasteiger partial charge in [0, 0.05) is 19.3 Å². The van der Waals surface area contributed by atoms with Gasteiger partial charge in [0.2, 0.25) is 0 Å². The van der Waals surface area contributed by atoms with Crippen molar-refractivity contribution >= 4 is 17.5 Å². The predicted molar refractivity (Wildman–Crippen MR) is 83.3 cm³/mol. The van der Waals surface area contributed by atoms with E-state index in [0.29, 0.717) is 17.8 Å². The number of aryl methyl sites for hydroxylation is 1. The van der Waals surface area contributed by atoms with Gasteiger partial charge in [-0.2, -0.15) is 0 Å². The minimum Gasteiger partial charge on any atom is -0.465 e. The van der Waals surface area contributed by atoms with Gasteiger partial charge in [-0.3, -0.25) is 0 Å². The summed E-state index contributed by atoms with van der Waals surface area (Å²) >= 11 is 0. The lowest BCUT2D eigenvalue weighted by atomic mass is 10.2. The normalized spacial score (nSPS) is 10.2. The maximum absolute atomic E-state index is 11.6. The van der Waals surface area contributed by atoms with Crippen molar-refractivity contribution in [2.75, 3.05) is 24.8 Å². The molecule has 0 aliphatic heterocycles. The Labute approximate surface area is 124 Å². The van der Waals surface area contributed by atoms with Gasteiger partial charge >= 0.3 is 5.97 Å². The van der Waals surface area contributed by atoms with E-state index in [1.165, 1.54) is 7.11 Å².